The van der Waals surface area contributed by atoms with Gasteiger partial charge in [0.2, 0.25) is 0 Å². The van der Waals surface area contributed by atoms with Crippen molar-refractivity contribution >= 4 is 5.78 Å². The average molecular weight is 268 g/mol. The number of benzene rings is 2. The summed E-state index contributed by atoms with van der Waals surface area (Å²) in [5, 5.41) is 19.8. The van der Waals surface area contributed by atoms with Crippen LogP contribution in [0, 0.1) is 0 Å². The fraction of sp³-hybridized carbons (Fsp3) is 0.118. The Balaban J connectivity index is 2.31. The van der Waals surface area contributed by atoms with Crippen molar-refractivity contribution in [1.29, 1.82) is 0 Å². The molecule has 20 heavy (non-hydrogen) atoms. The molecule has 0 aliphatic carbocycles. The number of hydrogen-bond acceptors (Lipinski definition) is 3. The first kappa shape index (κ1) is 13.9. The minimum atomic E-state index is -0.181. The fourth-order valence-corrected chi connectivity index (χ4v) is 2.07. The molecule has 0 bridgehead atoms. The highest BCUT2D eigenvalue weighted by molar-refractivity contribution is 6.00. The number of carbonyl (C=O) groups is 1. The van der Waals surface area contributed by atoms with Crippen LogP contribution in [0.1, 0.15) is 21.5 Å². The van der Waals surface area contributed by atoms with Crippen molar-refractivity contribution in [2.45, 2.75) is 12.8 Å². The number of phenolic OH excluding ortho intramolecular Hbond substituents is 2. The van der Waals surface area contributed by atoms with Gasteiger partial charge in [-0.15, -0.1) is 6.58 Å². The van der Waals surface area contributed by atoms with Gasteiger partial charge in [-0.25, -0.2) is 0 Å². The molecule has 0 aromatic heterocycles. The summed E-state index contributed by atoms with van der Waals surface area (Å²) < 4.78 is 0. The molecular formula is C17H16O3. The second kappa shape index (κ2) is 6.06. The van der Waals surface area contributed by atoms with E-state index in [1.807, 2.05) is 30.3 Å². The second-order valence-electron chi connectivity index (χ2n) is 4.54. The zero-order chi connectivity index (χ0) is 14.5. The van der Waals surface area contributed by atoms with E-state index in [0.29, 0.717) is 12.0 Å². The van der Waals surface area contributed by atoms with Crippen LogP contribution in [0.25, 0.3) is 0 Å². The molecule has 2 aromatic rings. The molecule has 2 rings (SSSR count). The largest absolute Gasteiger partial charge is 0.508 e. The van der Waals surface area contributed by atoms with Crippen LogP contribution >= 0.6 is 0 Å². The highest BCUT2D eigenvalue weighted by Gasteiger charge is 2.17. The van der Waals surface area contributed by atoms with Gasteiger partial charge in [0.1, 0.15) is 11.5 Å². The summed E-state index contributed by atoms with van der Waals surface area (Å²) in [6.07, 6.45) is 2.09. The molecule has 0 amide bonds. The van der Waals surface area contributed by atoms with Crippen LogP contribution in [-0.4, -0.2) is 16.0 Å². The number of rotatable bonds is 5. The summed E-state index contributed by atoms with van der Waals surface area (Å²) in [6, 6.07) is 12.2. The third-order valence-electron chi connectivity index (χ3n) is 3.11. The van der Waals surface area contributed by atoms with Gasteiger partial charge in [-0.05, 0) is 24.1 Å². The predicted octanol–water partition coefficient (Wildman–Crippen LogP) is 3.25. The topological polar surface area (TPSA) is 57.5 Å². The number of aromatic hydroxyl groups is 2. The molecule has 0 aliphatic heterocycles. The number of hydrogen-bond donors (Lipinski definition) is 2. The Hall–Kier alpha value is -2.55. The molecule has 0 radical (unpaired) electrons. The van der Waals surface area contributed by atoms with Gasteiger partial charge in [-0.2, -0.15) is 0 Å². The molecule has 2 aromatic carbocycles. The van der Waals surface area contributed by atoms with E-state index in [2.05, 4.69) is 6.58 Å². The summed E-state index contributed by atoms with van der Waals surface area (Å²) in [5.41, 5.74) is 1.44. The molecular weight excluding hydrogens is 252 g/mol. The van der Waals surface area contributed by atoms with E-state index in [1.165, 1.54) is 12.1 Å². The van der Waals surface area contributed by atoms with Gasteiger partial charge in [0, 0.05) is 12.0 Å². The van der Waals surface area contributed by atoms with Crippen LogP contribution in [0.3, 0.4) is 0 Å². The lowest BCUT2D eigenvalue weighted by Gasteiger charge is -2.10. The summed E-state index contributed by atoms with van der Waals surface area (Å²) in [7, 11) is 0. The number of carbonyl (C=O) groups excluding carboxylic acids is 1. The normalized spacial score (nSPS) is 10.2. The standard InChI is InChI=1S/C17H16O3/c1-2-6-13-15(18)10-9-14(17(13)20)16(19)11-12-7-4-3-5-8-12/h2-5,7-10,18,20H,1,6,11H2. The van der Waals surface area contributed by atoms with Crippen LogP contribution in [0.2, 0.25) is 0 Å². The Kier molecular flexibility index (Phi) is 4.20. The van der Waals surface area contributed by atoms with Gasteiger partial charge >= 0.3 is 0 Å². The minimum absolute atomic E-state index is 0.0290. The molecule has 0 saturated heterocycles. The number of phenols is 2. The molecule has 0 fully saturated rings. The van der Waals surface area contributed by atoms with Gasteiger partial charge < -0.3 is 10.2 Å². The van der Waals surface area contributed by atoms with Crippen molar-refractivity contribution in [1.82, 2.24) is 0 Å². The van der Waals surface area contributed by atoms with Gasteiger partial charge in [0.15, 0.2) is 5.78 Å². The maximum absolute atomic E-state index is 12.2. The first-order valence-corrected chi connectivity index (χ1v) is 6.35. The first-order valence-electron chi connectivity index (χ1n) is 6.35. The quantitative estimate of drug-likeness (QED) is 0.646. The summed E-state index contributed by atoms with van der Waals surface area (Å²) in [5.74, 6) is -0.372. The van der Waals surface area contributed by atoms with Crippen LogP contribution in [0.4, 0.5) is 0 Å². The molecule has 0 aliphatic rings. The molecule has 0 saturated carbocycles. The van der Waals surface area contributed by atoms with Crippen molar-refractivity contribution in [3.8, 4) is 11.5 Å². The van der Waals surface area contributed by atoms with Crippen molar-refractivity contribution in [2.24, 2.45) is 0 Å². The average Bonchev–Trinajstić information content (AvgIpc) is 2.44. The highest BCUT2D eigenvalue weighted by atomic mass is 16.3. The molecule has 102 valence electrons. The summed E-state index contributed by atoms with van der Waals surface area (Å²) >= 11 is 0. The fourth-order valence-electron chi connectivity index (χ4n) is 2.07. The maximum atomic E-state index is 12.2. The Labute approximate surface area is 117 Å². The van der Waals surface area contributed by atoms with Crippen LogP contribution in [0.15, 0.2) is 55.1 Å². The SMILES string of the molecule is C=CCc1c(O)ccc(C(=O)Cc2ccccc2)c1O. The molecule has 0 heterocycles. The lowest BCUT2D eigenvalue weighted by molar-refractivity contribution is 0.0990. The maximum Gasteiger partial charge on any atom is 0.170 e. The van der Waals surface area contributed by atoms with Gasteiger partial charge in [0.05, 0.1) is 5.56 Å². The van der Waals surface area contributed by atoms with Crippen molar-refractivity contribution in [2.75, 3.05) is 0 Å². The Morgan fingerprint density at radius 2 is 1.80 bits per heavy atom. The molecule has 3 nitrogen and oxygen atoms in total. The van der Waals surface area contributed by atoms with Crippen molar-refractivity contribution in [3.05, 3.63) is 71.8 Å². The van der Waals surface area contributed by atoms with E-state index in [1.54, 1.807) is 6.08 Å². The highest BCUT2D eigenvalue weighted by Crippen LogP contribution is 2.31. The van der Waals surface area contributed by atoms with Crippen molar-refractivity contribution in [3.63, 3.8) is 0 Å². The van der Waals surface area contributed by atoms with Gasteiger partial charge in [-0.3, -0.25) is 4.79 Å². The van der Waals surface area contributed by atoms with E-state index in [0.717, 1.165) is 5.56 Å². The monoisotopic (exact) mass is 268 g/mol. The lowest BCUT2D eigenvalue weighted by atomic mass is 9.98. The Bertz CT molecular complexity index is 630. The Morgan fingerprint density at radius 1 is 1.10 bits per heavy atom. The second-order valence-corrected chi connectivity index (χ2v) is 4.54. The third-order valence-corrected chi connectivity index (χ3v) is 3.11. The van der Waals surface area contributed by atoms with E-state index < -0.39 is 0 Å². The van der Waals surface area contributed by atoms with Crippen LogP contribution in [0.5, 0.6) is 11.5 Å². The molecule has 0 unspecified atom stereocenters. The number of Topliss-reactive ketones (excluding diaryl/α,β-unsaturated/α-hetero) is 1. The summed E-state index contributed by atoms with van der Waals surface area (Å²) in [4.78, 5) is 12.2. The molecule has 3 heteroatoms. The van der Waals surface area contributed by atoms with Crippen LogP contribution < -0.4 is 0 Å². The van der Waals surface area contributed by atoms with Gasteiger partial charge in [-0.1, -0.05) is 36.4 Å². The van der Waals surface area contributed by atoms with E-state index in [4.69, 9.17) is 0 Å². The lowest BCUT2D eigenvalue weighted by Crippen LogP contribution is -2.05. The molecule has 2 N–H and O–H groups in total. The zero-order valence-electron chi connectivity index (χ0n) is 11.0. The number of allylic oxidation sites excluding steroid dienone is 1. The third kappa shape index (κ3) is 2.88. The van der Waals surface area contributed by atoms with Crippen LogP contribution in [-0.2, 0) is 12.8 Å². The predicted molar refractivity (Wildman–Crippen MR) is 78.1 cm³/mol. The van der Waals surface area contributed by atoms with Crippen molar-refractivity contribution < 1.29 is 15.0 Å². The minimum Gasteiger partial charge on any atom is -0.508 e. The van der Waals surface area contributed by atoms with E-state index in [9.17, 15) is 15.0 Å². The van der Waals surface area contributed by atoms with E-state index >= 15 is 0 Å². The Morgan fingerprint density at radius 3 is 2.45 bits per heavy atom. The smallest absolute Gasteiger partial charge is 0.170 e. The molecule has 0 spiro atoms. The summed E-state index contributed by atoms with van der Waals surface area (Å²) in [6.45, 7) is 3.57. The first-order chi connectivity index (χ1) is 9.63. The van der Waals surface area contributed by atoms with E-state index in [-0.39, 0.29) is 29.3 Å². The van der Waals surface area contributed by atoms with Gasteiger partial charge in [0.25, 0.3) is 0 Å². The zero-order valence-corrected chi connectivity index (χ0v) is 11.0. The number of ketones is 1. The molecule has 0 atom stereocenters.